The molecule has 4 aromatic rings. The smallest absolute Gasteiger partial charge is 0.213 e. The predicted molar refractivity (Wildman–Crippen MR) is 108 cm³/mol. The zero-order chi connectivity index (χ0) is 21.0. The van der Waals surface area contributed by atoms with Gasteiger partial charge in [-0.2, -0.15) is 0 Å². The Morgan fingerprint density at radius 1 is 1.11 bits per heavy atom. The van der Waals surface area contributed by atoms with Gasteiger partial charge in [-0.1, -0.05) is 36.4 Å². The van der Waals surface area contributed by atoms with Crippen molar-refractivity contribution in [1.82, 2.24) is 9.55 Å². The van der Waals surface area contributed by atoms with Crippen molar-refractivity contribution in [3.05, 3.63) is 89.6 Å². The molecule has 3 heterocycles. The van der Waals surface area contributed by atoms with Gasteiger partial charge in [-0.3, -0.25) is 0 Å². The molecule has 2 aromatic heterocycles. The summed E-state index contributed by atoms with van der Waals surface area (Å²) in [5.74, 6) is 1.03. The van der Waals surface area contributed by atoms with Gasteiger partial charge in [-0.15, -0.1) is 0 Å². The lowest BCUT2D eigenvalue weighted by Gasteiger charge is -2.13. The topological polar surface area (TPSA) is 21.7 Å². The van der Waals surface area contributed by atoms with Crippen LogP contribution in [0.5, 0.6) is 0 Å². The van der Waals surface area contributed by atoms with E-state index in [1.54, 1.807) is 6.20 Å². The van der Waals surface area contributed by atoms with Crippen molar-refractivity contribution in [3.8, 4) is 28.1 Å². The van der Waals surface area contributed by atoms with E-state index in [0.29, 0.717) is 5.56 Å². The van der Waals surface area contributed by atoms with Crippen molar-refractivity contribution < 1.29 is 8.68 Å². The molecule has 0 spiro atoms. The summed E-state index contributed by atoms with van der Waals surface area (Å²) in [7, 11) is 1.92. The minimum Gasteiger partial charge on any atom is -0.303 e. The van der Waals surface area contributed by atoms with Crippen LogP contribution in [0.15, 0.2) is 67.1 Å². The molecule has 132 valence electrons. The third-order valence-electron chi connectivity index (χ3n) is 5.42. The van der Waals surface area contributed by atoms with Crippen molar-refractivity contribution >= 4 is 0 Å². The maximum absolute atomic E-state index is 8.08. The predicted octanol–water partition coefficient (Wildman–Crippen LogP) is 4.55. The van der Waals surface area contributed by atoms with Gasteiger partial charge in [0.15, 0.2) is 6.20 Å². The number of hydrogen-bond donors (Lipinski definition) is 0. The quantitative estimate of drug-likeness (QED) is 0.426. The number of rotatable bonds is 2. The second-order valence-electron chi connectivity index (χ2n) is 7.11. The van der Waals surface area contributed by atoms with Gasteiger partial charge in [0, 0.05) is 34.6 Å². The summed E-state index contributed by atoms with van der Waals surface area (Å²) in [6, 6.07) is 16.0. The first-order valence-corrected chi connectivity index (χ1v) is 9.09. The van der Waals surface area contributed by atoms with Crippen LogP contribution in [-0.4, -0.2) is 9.55 Å². The summed E-state index contributed by atoms with van der Waals surface area (Å²) in [6.45, 7) is -0.0893. The summed E-state index contributed by atoms with van der Waals surface area (Å²) in [4.78, 5) is 4.49. The molecule has 0 radical (unpaired) electrons. The van der Waals surface area contributed by atoms with E-state index in [1.807, 2.05) is 60.4 Å². The van der Waals surface area contributed by atoms with Crippen molar-refractivity contribution in [2.24, 2.45) is 7.05 Å². The number of fused-ring (bicyclic) bond motifs is 3. The molecular formula is C24H22N3+. The molecule has 3 heteroatoms. The standard InChI is InChI=1S/C24H22N3/c1-16-9-10-21-20(14-23-25-11-12-27(21)23)24(16)22-13-19(17(2)15-26(22)3)18-7-5-4-6-8-18/h4-13,15H,14H2,1-3H3/q+1/i2D3. The average molecular weight is 355 g/mol. The molecule has 3 nitrogen and oxygen atoms in total. The fourth-order valence-corrected chi connectivity index (χ4v) is 4.11. The number of aromatic nitrogens is 3. The Morgan fingerprint density at radius 3 is 2.78 bits per heavy atom. The maximum Gasteiger partial charge on any atom is 0.213 e. The molecule has 27 heavy (non-hydrogen) atoms. The summed E-state index contributed by atoms with van der Waals surface area (Å²) in [5, 5.41) is 0. The number of aryl methyl sites for hydroxylation is 3. The summed E-state index contributed by atoms with van der Waals surface area (Å²) >= 11 is 0. The van der Waals surface area contributed by atoms with Crippen LogP contribution in [0.3, 0.4) is 0 Å². The minimum atomic E-state index is -2.20. The van der Waals surface area contributed by atoms with E-state index >= 15 is 0 Å². The van der Waals surface area contributed by atoms with Crippen LogP contribution in [0.1, 0.15) is 26.6 Å². The average Bonchev–Trinajstić information content (AvgIpc) is 3.29. The van der Waals surface area contributed by atoms with Crippen molar-refractivity contribution in [2.45, 2.75) is 20.2 Å². The first kappa shape index (κ1) is 13.0. The first-order chi connectivity index (χ1) is 14.3. The van der Waals surface area contributed by atoms with Crippen molar-refractivity contribution in [1.29, 1.82) is 0 Å². The molecule has 0 saturated heterocycles. The first-order valence-electron chi connectivity index (χ1n) is 10.6. The van der Waals surface area contributed by atoms with E-state index in [4.69, 9.17) is 4.11 Å². The molecule has 1 aliphatic rings. The Labute approximate surface area is 163 Å². The normalized spacial score (nSPS) is 14.2. The van der Waals surface area contributed by atoms with Gasteiger partial charge in [0.1, 0.15) is 12.9 Å². The molecule has 0 fully saturated rings. The summed E-state index contributed by atoms with van der Waals surface area (Å²) in [5.41, 5.74) is 7.70. The fourth-order valence-electron chi connectivity index (χ4n) is 4.11. The molecular weight excluding hydrogens is 330 g/mol. The fraction of sp³-hybridized carbons (Fsp3) is 0.167. The zero-order valence-corrected chi connectivity index (χ0v) is 15.4. The van der Waals surface area contributed by atoms with E-state index in [1.165, 1.54) is 5.56 Å². The molecule has 0 amide bonds. The second kappa shape index (κ2) is 5.92. The van der Waals surface area contributed by atoms with E-state index in [-0.39, 0.29) is 0 Å². The van der Waals surface area contributed by atoms with Gasteiger partial charge in [-0.25, -0.2) is 9.55 Å². The molecule has 0 aliphatic carbocycles. The van der Waals surface area contributed by atoms with Gasteiger partial charge < -0.3 is 4.57 Å². The van der Waals surface area contributed by atoms with Crippen molar-refractivity contribution in [2.75, 3.05) is 0 Å². The Balaban J connectivity index is 1.78. The molecule has 0 unspecified atom stereocenters. The molecule has 0 N–H and O–H groups in total. The number of pyridine rings is 1. The van der Waals surface area contributed by atoms with Crippen molar-refractivity contribution in [3.63, 3.8) is 0 Å². The van der Waals surface area contributed by atoms with Crippen LogP contribution in [0, 0.1) is 13.8 Å². The van der Waals surface area contributed by atoms with Gasteiger partial charge in [0.25, 0.3) is 0 Å². The highest BCUT2D eigenvalue weighted by Crippen LogP contribution is 2.37. The number of hydrogen-bond acceptors (Lipinski definition) is 1. The highest BCUT2D eigenvalue weighted by Gasteiger charge is 2.27. The molecule has 5 rings (SSSR count). The van der Waals surface area contributed by atoms with E-state index in [9.17, 15) is 0 Å². The van der Waals surface area contributed by atoms with E-state index in [2.05, 4.69) is 28.6 Å². The highest BCUT2D eigenvalue weighted by molar-refractivity contribution is 5.77. The monoisotopic (exact) mass is 355 g/mol. The molecule has 0 atom stereocenters. The van der Waals surface area contributed by atoms with Crippen LogP contribution in [0.4, 0.5) is 0 Å². The van der Waals surface area contributed by atoms with Crippen LogP contribution in [0.25, 0.3) is 28.1 Å². The summed E-state index contributed by atoms with van der Waals surface area (Å²) < 4.78 is 28.3. The van der Waals surface area contributed by atoms with Gasteiger partial charge in [0.05, 0.1) is 11.3 Å². The summed E-state index contributed by atoms with van der Waals surface area (Å²) in [6.07, 6.45) is 6.35. The second-order valence-corrected chi connectivity index (χ2v) is 7.11. The third-order valence-corrected chi connectivity index (χ3v) is 5.42. The van der Waals surface area contributed by atoms with Crippen LogP contribution in [-0.2, 0) is 13.5 Å². The van der Waals surface area contributed by atoms with Gasteiger partial charge in [0.2, 0.25) is 5.69 Å². The lowest BCUT2D eigenvalue weighted by atomic mass is 9.93. The van der Waals surface area contributed by atoms with Crippen LogP contribution in [0.2, 0.25) is 0 Å². The zero-order valence-electron chi connectivity index (χ0n) is 18.4. The van der Waals surface area contributed by atoms with Gasteiger partial charge >= 0.3 is 0 Å². The lowest BCUT2D eigenvalue weighted by Crippen LogP contribution is -2.32. The van der Waals surface area contributed by atoms with Gasteiger partial charge in [-0.05, 0) is 42.1 Å². The Hall–Kier alpha value is -3.20. The van der Waals surface area contributed by atoms with Crippen LogP contribution >= 0.6 is 0 Å². The third kappa shape index (κ3) is 2.42. The Kier molecular flexibility index (Phi) is 2.86. The van der Waals surface area contributed by atoms with E-state index < -0.39 is 6.85 Å². The molecule has 0 bridgehead atoms. The maximum atomic E-state index is 8.08. The number of imidazole rings is 1. The number of nitrogens with zero attached hydrogens (tertiary/aromatic N) is 3. The largest absolute Gasteiger partial charge is 0.303 e. The lowest BCUT2D eigenvalue weighted by molar-refractivity contribution is -0.660. The number of benzene rings is 2. The molecule has 0 saturated carbocycles. The Bertz CT molecular complexity index is 1270. The van der Waals surface area contributed by atoms with Crippen LogP contribution < -0.4 is 4.57 Å². The minimum absolute atomic E-state index is 0.359. The van der Waals surface area contributed by atoms with E-state index in [0.717, 1.165) is 45.9 Å². The molecule has 1 aliphatic heterocycles. The highest BCUT2D eigenvalue weighted by atomic mass is 15.1. The molecule has 2 aromatic carbocycles. The SMILES string of the molecule is [2H]C([2H])([2H])c1c[n+](C)c(-c2c(C)ccc3c2Cc2nccn2-3)cc1-c1ccccc1. The Morgan fingerprint density at radius 2 is 1.96 bits per heavy atom.